The zero-order valence-electron chi connectivity index (χ0n) is 11.3. The molecule has 0 spiro atoms. The fourth-order valence-corrected chi connectivity index (χ4v) is 2.17. The Bertz CT molecular complexity index is 597. The van der Waals surface area contributed by atoms with E-state index in [0.717, 1.165) is 17.7 Å². The standard InChI is InChI=1S/C15H18N2O/c1-10-5-6-11(2)14(7-10)8-17-13(4)15(9-18)12(3)16-17/h5-7,9H,8H2,1-4H3. The largest absolute Gasteiger partial charge is 0.298 e. The maximum absolute atomic E-state index is 11.0. The number of hydrogen-bond donors (Lipinski definition) is 0. The van der Waals surface area contributed by atoms with Gasteiger partial charge in [0.15, 0.2) is 6.29 Å². The number of carbonyl (C=O) groups is 1. The third-order valence-corrected chi connectivity index (χ3v) is 3.38. The second-order valence-corrected chi connectivity index (χ2v) is 4.79. The van der Waals surface area contributed by atoms with E-state index in [0.29, 0.717) is 12.1 Å². The summed E-state index contributed by atoms with van der Waals surface area (Å²) in [6.45, 7) is 8.71. The molecule has 0 aliphatic carbocycles. The van der Waals surface area contributed by atoms with Gasteiger partial charge >= 0.3 is 0 Å². The minimum atomic E-state index is 0.709. The van der Waals surface area contributed by atoms with Crippen LogP contribution >= 0.6 is 0 Å². The van der Waals surface area contributed by atoms with Crippen molar-refractivity contribution in [1.82, 2.24) is 9.78 Å². The minimum absolute atomic E-state index is 0.709. The van der Waals surface area contributed by atoms with E-state index >= 15 is 0 Å². The molecule has 1 aromatic carbocycles. The van der Waals surface area contributed by atoms with Gasteiger partial charge in [0.1, 0.15) is 0 Å². The zero-order chi connectivity index (χ0) is 13.3. The van der Waals surface area contributed by atoms with Crippen LogP contribution in [-0.2, 0) is 6.54 Å². The normalized spacial score (nSPS) is 10.7. The number of aldehydes is 1. The lowest BCUT2D eigenvalue weighted by Crippen LogP contribution is -2.06. The third-order valence-electron chi connectivity index (χ3n) is 3.38. The van der Waals surface area contributed by atoms with Crippen LogP contribution < -0.4 is 0 Å². The van der Waals surface area contributed by atoms with Gasteiger partial charge in [-0.2, -0.15) is 5.10 Å². The van der Waals surface area contributed by atoms with Crippen molar-refractivity contribution in [3.05, 3.63) is 51.8 Å². The van der Waals surface area contributed by atoms with E-state index in [2.05, 4.69) is 37.1 Å². The number of hydrogen-bond acceptors (Lipinski definition) is 2. The van der Waals surface area contributed by atoms with Crippen molar-refractivity contribution in [1.29, 1.82) is 0 Å². The Kier molecular flexibility index (Phi) is 3.32. The Morgan fingerprint density at radius 1 is 1.22 bits per heavy atom. The second-order valence-electron chi connectivity index (χ2n) is 4.79. The van der Waals surface area contributed by atoms with Crippen LogP contribution in [0.5, 0.6) is 0 Å². The molecule has 94 valence electrons. The zero-order valence-corrected chi connectivity index (χ0v) is 11.3. The van der Waals surface area contributed by atoms with Crippen LogP contribution in [0.15, 0.2) is 18.2 Å². The molecule has 1 heterocycles. The van der Waals surface area contributed by atoms with Crippen molar-refractivity contribution in [2.75, 3.05) is 0 Å². The van der Waals surface area contributed by atoms with E-state index in [1.165, 1.54) is 16.7 Å². The summed E-state index contributed by atoms with van der Waals surface area (Å²) in [7, 11) is 0. The van der Waals surface area contributed by atoms with E-state index in [4.69, 9.17) is 0 Å². The predicted molar refractivity (Wildman–Crippen MR) is 72.1 cm³/mol. The molecule has 0 fully saturated rings. The number of benzene rings is 1. The number of aryl methyl sites for hydroxylation is 3. The van der Waals surface area contributed by atoms with Crippen molar-refractivity contribution < 1.29 is 4.79 Å². The molecule has 2 rings (SSSR count). The van der Waals surface area contributed by atoms with Crippen LogP contribution in [0, 0.1) is 27.7 Å². The lowest BCUT2D eigenvalue weighted by atomic mass is 10.1. The summed E-state index contributed by atoms with van der Waals surface area (Å²) >= 11 is 0. The highest BCUT2D eigenvalue weighted by Gasteiger charge is 2.11. The molecule has 0 radical (unpaired) electrons. The molecule has 0 saturated heterocycles. The van der Waals surface area contributed by atoms with Crippen molar-refractivity contribution in [2.45, 2.75) is 34.2 Å². The Labute approximate surface area is 107 Å². The summed E-state index contributed by atoms with van der Waals surface area (Å²) in [6.07, 6.45) is 0.886. The molecule has 0 aliphatic heterocycles. The molecule has 2 aromatic rings. The maximum atomic E-state index is 11.0. The molecule has 0 unspecified atom stereocenters. The first kappa shape index (κ1) is 12.6. The second kappa shape index (κ2) is 4.77. The van der Waals surface area contributed by atoms with Crippen LogP contribution in [0.4, 0.5) is 0 Å². The summed E-state index contributed by atoms with van der Waals surface area (Å²) < 4.78 is 1.90. The third kappa shape index (κ3) is 2.21. The highest BCUT2D eigenvalue weighted by atomic mass is 16.1. The van der Waals surface area contributed by atoms with Crippen molar-refractivity contribution in [3.63, 3.8) is 0 Å². The lowest BCUT2D eigenvalue weighted by Gasteiger charge is -2.09. The van der Waals surface area contributed by atoms with Gasteiger partial charge < -0.3 is 0 Å². The van der Waals surface area contributed by atoms with Gasteiger partial charge in [-0.05, 0) is 38.8 Å². The van der Waals surface area contributed by atoms with Gasteiger partial charge in [-0.15, -0.1) is 0 Å². The van der Waals surface area contributed by atoms with Crippen molar-refractivity contribution in [2.24, 2.45) is 0 Å². The molecule has 3 nitrogen and oxygen atoms in total. The molecule has 0 aliphatic rings. The SMILES string of the molecule is Cc1ccc(C)c(Cn2nc(C)c(C=O)c2C)c1. The Hall–Kier alpha value is -1.90. The van der Waals surface area contributed by atoms with Crippen LogP contribution in [0.1, 0.15) is 38.4 Å². The Balaban J connectivity index is 2.40. The number of carbonyl (C=O) groups excluding carboxylic acids is 1. The summed E-state index contributed by atoms with van der Waals surface area (Å²) in [5.74, 6) is 0. The van der Waals surface area contributed by atoms with Gasteiger partial charge in [-0.25, -0.2) is 0 Å². The Morgan fingerprint density at radius 2 is 1.94 bits per heavy atom. The first-order valence-electron chi connectivity index (χ1n) is 6.08. The van der Waals surface area contributed by atoms with Crippen LogP contribution in [0.25, 0.3) is 0 Å². The molecule has 1 aromatic heterocycles. The molecule has 18 heavy (non-hydrogen) atoms. The average molecular weight is 242 g/mol. The van der Waals surface area contributed by atoms with Crippen molar-refractivity contribution >= 4 is 6.29 Å². The lowest BCUT2D eigenvalue weighted by molar-refractivity contribution is 0.112. The highest BCUT2D eigenvalue weighted by Crippen LogP contribution is 2.16. The van der Waals surface area contributed by atoms with Crippen molar-refractivity contribution in [3.8, 4) is 0 Å². The topological polar surface area (TPSA) is 34.9 Å². The van der Waals surface area contributed by atoms with E-state index < -0.39 is 0 Å². The molecule has 3 heteroatoms. The van der Waals surface area contributed by atoms with E-state index in [1.807, 2.05) is 18.5 Å². The van der Waals surface area contributed by atoms with E-state index in [-0.39, 0.29) is 0 Å². The van der Waals surface area contributed by atoms with Gasteiger partial charge in [-0.3, -0.25) is 9.48 Å². The van der Waals surface area contributed by atoms with Crippen LogP contribution in [-0.4, -0.2) is 16.1 Å². The van der Waals surface area contributed by atoms with Crippen LogP contribution in [0.3, 0.4) is 0 Å². The fourth-order valence-electron chi connectivity index (χ4n) is 2.17. The Morgan fingerprint density at radius 3 is 2.56 bits per heavy atom. The summed E-state index contributed by atoms with van der Waals surface area (Å²) in [6, 6.07) is 6.40. The number of rotatable bonds is 3. The first-order chi connectivity index (χ1) is 8.52. The first-order valence-corrected chi connectivity index (χ1v) is 6.08. The quantitative estimate of drug-likeness (QED) is 0.775. The summed E-state index contributed by atoms with van der Waals surface area (Å²) in [5.41, 5.74) is 6.18. The molecular weight excluding hydrogens is 224 g/mol. The van der Waals surface area contributed by atoms with Gasteiger partial charge in [0.2, 0.25) is 0 Å². The summed E-state index contributed by atoms with van der Waals surface area (Å²) in [4.78, 5) is 11.0. The number of nitrogens with zero attached hydrogens (tertiary/aromatic N) is 2. The molecular formula is C15H18N2O. The highest BCUT2D eigenvalue weighted by molar-refractivity contribution is 5.78. The van der Waals surface area contributed by atoms with Gasteiger partial charge in [-0.1, -0.05) is 23.8 Å². The molecule has 0 atom stereocenters. The number of aromatic nitrogens is 2. The average Bonchev–Trinajstić information content (AvgIpc) is 2.59. The monoisotopic (exact) mass is 242 g/mol. The molecule has 0 amide bonds. The van der Waals surface area contributed by atoms with E-state index in [1.54, 1.807) is 0 Å². The van der Waals surface area contributed by atoms with Crippen LogP contribution in [0.2, 0.25) is 0 Å². The minimum Gasteiger partial charge on any atom is -0.298 e. The van der Waals surface area contributed by atoms with Gasteiger partial charge in [0.05, 0.1) is 17.8 Å². The van der Waals surface area contributed by atoms with Gasteiger partial charge in [0, 0.05) is 5.69 Å². The van der Waals surface area contributed by atoms with Gasteiger partial charge in [0.25, 0.3) is 0 Å². The van der Waals surface area contributed by atoms with E-state index in [9.17, 15) is 4.79 Å². The maximum Gasteiger partial charge on any atom is 0.153 e. The molecule has 0 saturated carbocycles. The summed E-state index contributed by atoms with van der Waals surface area (Å²) in [5, 5.41) is 4.43. The predicted octanol–water partition coefficient (Wildman–Crippen LogP) is 2.98. The molecule has 0 N–H and O–H groups in total. The smallest absolute Gasteiger partial charge is 0.153 e. The fraction of sp³-hybridized carbons (Fsp3) is 0.333. The molecule has 0 bridgehead atoms.